The van der Waals surface area contributed by atoms with Gasteiger partial charge in [-0.05, 0) is 18.6 Å². The highest BCUT2D eigenvalue weighted by molar-refractivity contribution is 7.62. The molecular formula is C16H24O6P2. The van der Waals surface area contributed by atoms with Gasteiger partial charge in [0.1, 0.15) is 0 Å². The molecule has 0 saturated heterocycles. The fraction of sp³-hybridized carbons (Fsp3) is 0.250. The summed E-state index contributed by atoms with van der Waals surface area (Å²) in [5, 5.41) is 0.540. The third-order valence-corrected chi connectivity index (χ3v) is 4.84. The number of hydrogen-bond acceptors (Lipinski definition) is 4. The van der Waals surface area contributed by atoms with Crippen LogP contribution in [0.2, 0.25) is 0 Å². The van der Waals surface area contributed by atoms with Crippen molar-refractivity contribution in [2.24, 2.45) is 0 Å². The molecule has 0 bridgehead atoms. The molecule has 24 heavy (non-hydrogen) atoms. The fourth-order valence-corrected chi connectivity index (χ4v) is 3.34. The molecule has 134 valence electrons. The van der Waals surface area contributed by atoms with Gasteiger partial charge in [-0.2, -0.15) is 0 Å². The van der Waals surface area contributed by atoms with E-state index < -0.39 is 15.2 Å². The molecule has 0 aromatic heterocycles. The van der Waals surface area contributed by atoms with E-state index in [0.717, 1.165) is 5.82 Å². The molecule has 8 heteroatoms. The second kappa shape index (κ2) is 12.2. The van der Waals surface area contributed by atoms with Gasteiger partial charge in [0.2, 0.25) is 0 Å². The molecule has 0 aliphatic carbocycles. The number of hydrogen-bond donors (Lipinski definition) is 2. The Bertz CT molecular complexity index is 590. The van der Waals surface area contributed by atoms with Crippen LogP contribution in [-0.2, 0) is 18.2 Å². The summed E-state index contributed by atoms with van der Waals surface area (Å²) in [6.45, 7) is 9.21. The lowest BCUT2D eigenvalue weighted by atomic mass is 10.4. The Morgan fingerprint density at radius 1 is 1.04 bits per heavy atom. The second-order valence-corrected chi connectivity index (χ2v) is 7.89. The van der Waals surface area contributed by atoms with Crippen LogP contribution in [0.15, 0.2) is 67.5 Å². The molecule has 0 fully saturated rings. The first-order valence-electron chi connectivity index (χ1n) is 7.18. The van der Waals surface area contributed by atoms with E-state index in [0.29, 0.717) is 11.7 Å². The Morgan fingerprint density at radius 3 is 1.88 bits per heavy atom. The lowest BCUT2D eigenvalue weighted by molar-refractivity contribution is 0.247. The van der Waals surface area contributed by atoms with Gasteiger partial charge in [0.25, 0.3) is 0 Å². The van der Waals surface area contributed by atoms with E-state index in [-0.39, 0.29) is 13.2 Å². The van der Waals surface area contributed by atoms with Crippen LogP contribution in [-0.4, -0.2) is 23.0 Å². The van der Waals surface area contributed by atoms with Crippen molar-refractivity contribution >= 4 is 20.5 Å². The fourth-order valence-electron chi connectivity index (χ4n) is 1.34. The van der Waals surface area contributed by atoms with Crippen molar-refractivity contribution in [3.05, 3.63) is 67.5 Å². The van der Waals surface area contributed by atoms with E-state index in [1.54, 1.807) is 24.3 Å². The lowest BCUT2D eigenvalue weighted by Gasteiger charge is -2.16. The molecule has 1 aromatic carbocycles. The molecule has 6 nitrogen and oxygen atoms in total. The zero-order valence-electron chi connectivity index (χ0n) is 13.7. The smallest absolute Gasteiger partial charge is 0.321 e. The van der Waals surface area contributed by atoms with Crippen LogP contribution in [0.25, 0.3) is 0 Å². The van der Waals surface area contributed by atoms with Gasteiger partial charge in [-0.25, -0.2) is 0 Å². The molecule has 1 aromatic rings. The summed E-state index contributed by atoms with van der Waals surface area (Å²) in [6, 6.07) is 8.85. The van der Waals surface area contributed by atoms with Crippen molar-refractivity contribution < 1.29 is 28.0 Å². The highest BCUT2D eigenvalue weighted by Crippen LogP contribution is 2.46. The van der Waals surface area contributed by atoms with Gasteiger partial charge < -0.3 is 18.8 Å². The van der Waals surface area contributed by atoms with Gasteiger partial charge in [0.15, 0.2) is 0 Å². The lowest BCUT2D eigenvalue weighted by Crippen LogP contribution is -2.10. The van der Waals surface area contributed by atoms with Crippen LogP contribution >= 0.6 is 15.2 Å². The highest BCUT2D eigenvalue weighted by atomic mass is 31.2. The molecule has 0 aliphatic heterocycles. The van der Waals surface area contributed by atoms with Gasteiger partial charge in [0.05, 0.1) is 18.5 Å². The molecule has 0 amide bonds. The third-order valence-electron chi connectivity index (χ3n) is 2.33. The van der Waals surface area contributed by atoms with E-state index in [1.165, 1.54) is 18.2 Å². The van der Waals surface area contributed by atoms with Gasteiger partial charge in [-0.1, -0.05) is 43.4 Å². The van der Waals surface area contributed by atoms with Crippen molar-refractivity contribution in [1.29, 1.82) is 0 Å². The molecule has 2 N–H and O–H groups in total. The summed E-state index contributed by atoms with van der Waals surface area (Å²) in [5.41, 5.74) is 0. The molecule has 1 rings (SSSR count). The monoisotopic (exact) mass is 374 g/mol. The SMILES string of the molecule is C=CCOP(=O)(OCC=C)c1ccccc1.CCC=CP(=O)(O)O. The Kier molecular flexibility index (Phi) is 11.5. The summed E-state index contributed by atoms with van der Waals surface area (Å²) in [5.74, 6) is 0.910. The predicted octanol–water partition coefficient (Wildman–Crippen LogP) is 4.00. The largest absolute Gasteiger partial charge is 0.361 e. The van der Waals surface area contributed by atoms with Crippen LogP contribution in [0.5, 0.6) is 0 Å². The number of allylic oxidation sites excluding steroid dienone is 1. The molecule has 0 unspecified atom stereocenters. The number of benzene rings is 1. The zero-order chi connectivity index (χ0) is 18.5. The van der Waals surface area contributed by atoms with Crippen molar-refractivity contribution in [1.82, 2.24) is 0 Å². The quantitative estimate of drug-likeness (QED) is 0.501. The van der Waals surface area contributed by atoms with Crippen LogP contribution in [0.3, 0.4) is 0 Å². The standard InChI is InChI=1S/C12H15O3P.C4H9O3P/c1-3-10-14-16(13,15-11-4-2)12-8-6-5-7-9-12;1-2-3-4-8(5,6)7/h3-9H,1-2,10-11H2;3-4H,2H2,1H3,(H2,5,6,7). The topological polar surface area (TPSA) is 93.1 Å². The Balaban J connectivity index is 0.000000561. The molecule has 0 atom stereocenters. The molecule has 0 saturated carbocycles. The summed E-state index contributed by atoms with van der Waals surface area (Å²) in [6.07, 6.45) is 5.17. The number of rotatable bonds is 9. The molecular weight excluding hydrogens is 350 g/mol. The van der Waals surface area contributed by atoms with E-state index in [4.69, 9.17) is 18.8 Å². The summed E-state index contributed by atoms with van der Waals surface area (Å²) < 4.78 is 32.9. The van der Waals surface area contributed by atoms with Crippen LogP contribution in [0, 0.1) is 0 Å². The maximum atomic E-state index is 12.4. The van der Waals surface area contributed by atoms with Crippen molar-refractivity contribution in [3.63, 3.8) is 0 Å². The summed E-state index contributed by atoms with van der Waals surface area (Å²) in [4.78, 5) is 16.3. The van der Waals surface area contributed by atoms with E-state index in [2.05, 4.69) is 13.2 Å². The van der Waals surface area contributed by atoms with E-state index >= 15 is 0 Å². The first kappa shape index (κ1) is 22.7. The predicted molar refractivity (Wildman–Crippen MR) is 97.5 cm³/mol. The normalized spacial score (nSPS) is 11.6. The van der Waals surface area contributed by atoms with E-state index in [9.17, 15) is 9.13 Å². The second-order valence-electron chi connectivity index (χ2n) is 4.38. The first-order chi connectivity index (χ1) is 11.3. The minimum atomic E-state index is -3.86. The maximum absolute atomic E-state index is 12.4. The average Bonchev–Trinajstić information content (AvgIpc) is 2.57. The molecule has 0 heterocycles. The van der Waals surface area contributed by atoms with Crippen molar-refractivity contribution in [3.8, 4) is 0 Å². The first-order valence-corrected chi connectivity index (χ1v) is 10.4. The van der Waals surface area contributed by atoms with Gasteiger partial charge >= 0.3 is 15.2 Å². The van der Waals surface area contributed by atoms with Crippen molar-refractivity contribution in [2.75, 3.05) is 13.2 Å². The minimum Gasteiger partial charge on any atom is -0.321 e. The zero-order valence-corrected chi connectivity index (χ0v) is 15.4. The van der Waals surface area contributed by atoms with Gasteiger partial charge in [-0.15, -0.1) is 13.2 Å². The highest BCUT2D eigenvalue weighted by Gasteiger charge is 2.26. The molecule has 0 radical (unpaired) electrons. The molecule has 0 aliphatic rings. The Morgan fingerprint density at radius 2 is 1.54 bits per heavy atom. The minimum absolute atomic E-state index is 0.184. The van der Waals surface area contributed by atoms with Gasteiger partial charge in [0, 0.05) is 5.82 Å². The maximum Gasteiger partial charge on any atom is 0.361 e. The van der Waals surface area contributed by atoms with E-state index in [1.807, 2.05) is 13.0 Å². The summed E-state index contributed by atoms with van der Waals surface area (Å²) in [7, 11) is -7.11. The molecule has 0 spiro atoms. The Hall–Kier alpha value is -1.26. The average molecular weight is 374 g/mol. The summed E-state index contributed by atoms with van der Waals surface area (Å²) >= 11 is 0. The van der Waals surface area contributed by atoms with Crippen LogP contribution in [0.4, 0.5) is 0 Å². The Labute approximate surface area is 143 Å². The van der Waals surface area contributed by atoms with Gasteiger partial charge in [-0.3, -0.25) is 9.13 Å². The van der Waals surface area contributed by atoms with Crippen LogP contribution in [0.1, 0.15) is 13.3 Å². The van der Waals surface area contributed by atoms with Crippen molar-refractivity contribution in [2.45, 2.75) is 13.3 Å². The third kappa shape index (κ3) is 10.5. The van der Waals surface area contributed by atoms with Crippen LogP contribution < -0.4 is 5.30 Å².